The smallest absolute Gasteiger partial charge is 0.424 e. The van der Waals surface area contributed by atoms with Gasteiger partial charge in [-0.25, -0.2) is 4.79 Å². The number of amides is 2. The van der Waals surface area contributed by atoms with Crippen LogP contribution in [0.25, 0.3) is 0 Å². The lowest BCUT2D eigenvalue weighted by Gasteiger charge is -2.12. The summed E-state index contributed by atoms with van der Waals surface area (Å²) >= 11 is 0. The molecule has 80 valence electrons. The third kappa shape index (κ3) is 2.33. The van der Waals surface area contributed by atoms with Crippen LogP contribution in [-0.4, -0.2) is 44.4 Å². The van der Waals surface area contributed by atoms with E-state index in [1.54, 1.807) is 0 Å². The summed E-state index contributed by atoms with van der Waals surface area (Å²) in [4.78, 5) is 21.1. The number of carbonyl (C=O) groups is 2. The topological polar surface area (TPSA) is 119 Å². The highest BCUT2D eigenvalue weighted by atomic mass is 32.2. The molecule has 1 aliphatic rings. The van der Waals surface area contributed by atoms with Crippen molar-refractivity contribution in [3.05, 3.63) is 0 Å². The molecule has 0 radical (unpaired) electrons. The van der Waals surface area contributed by atoms with Crippen molar-refractivity contribution in [2.75, 3.05) is 19.7 Å². The Kier molecular flexibility index (Phi) is 2.91. The van der Waals surface area contributed by atoms with Crippen LogP contribution >= 0.6 is 0 Å². The molecule has 3 N–H and O–H groups in total. The van der Waals surface area contributed by atoms with Gasteiger partial charge in [-0.05, 0) is 0 Å². The van der Waals surface area contributed by atoms with Gasteiger partial charge < -0.3 is 10.5 Å². The minimum absolute atomic E-state index is 0.0102. The van der Waals surface area contributed by atoms with E-state index in [0.717, 1.165) is 0 Å². The molecule has 2 amide bonds. The molecule has 0 aromatic heterocycles. The first-order valence-electron chi connectivity index (χ1n) is 3.66. The van der Waals surface area contributed by atoms with Crippen LogP contribution < -0.4 is 10.5 Å². The zero-order valence-electron chi connectivity index (χ0n) is 7.10. The lowest BCUT2D eigenvalue weighted by Crippen LogP contribution is -2.44. The van der Waals surface area contributed by atoms with Crippen molar-refractivity contribution in [3.8, 4) is 0 Å². The molecule has 1 aliphatic heterocycles. The van der Waals surface area contributed by atoms with Crippen molar-refractivity contribution in [1.82, 2.24) is 9.03 Å². The van der Waals surface area contributed by atoms with Gasteiger partial charge in [-0.2, -0.15) is 17.4 Å². The lowest BCUT2D eigenvalue weighted by molar-refractivity contribution is -0.116. The third-order valence-electron chi connectivity index (χ3n) is 1.44. The first-order chi connectivity index (χ1) is 6.43. The lowest BCUT2D eigenvalue weighted by atomic mass is 10.7. The van der Waals surface area contributed by atoms with Crippen LogP contribution in [-0.2, 0) is 19.7 Å². The summed E-state index contributed by atoms with van der Waals surface area (Å²) in [7, 11) is -4.00. The maximum atomic E-state index is 11.3. The number of hydrogen-bond donors (Lipinski definition) is 2. The van der Waals surface area contributed by atoms with E-state index in [4.69, 9.17) is 5.73 Å². The molecule has 9 heteroatoms. The van der Waals surface area contributed by atoms with Crippen LogP contribution in [0.3, 0.4) is 0 Å². The molecular weight excluding hydrogens is 214 g/mol. The molecular formula is C5H9N3O5S. The van der Waals surface area contributed by atoms with Gasteiger partial charge in [0.05, 0.1) is 13.1 Å². The van der Waals surface area contributed by atoms with E-state index in [9.17, 15) is 18.0 Å². The molecule has 14 heavy (non-hydrogen) atoms. The van der Waals surface area contributed by atoms with Crippen LogP contribution in [0.2, 0.25) is 0 Å². The summed E-state index contributed by atoms with van der Waals surface area (Å²) in [6, 6.07) is 0. The van der Waals surface area contributed by atoms with Crippen LogP contribution in [0.15, 0.2) is 0 Å². The molecule has 0 spiro atoms. The fourth-order valence-electron chi connectivity index (χ4n) is 0.838. The summed E-state index contributed by atoms with van der Waals surface area (Å²) in [6.07, 6.45) is -0.957. The highest BCUT2D eigenvalue weighted by Gasteiger charge is 2.33. The molecule has 0 atom stereocenters. The molecule has 1 fully saturated rings. The van der Waals surface area contributed by atoms with Gasteiger partial charge >= 0.3 is 16.3 Å². The van der Waals surface area contributed by atoms with Crippen LogP contribution in [0.1, 0.15) is 0 Å². The Labute approximate surface area is 80.2 Å². The standard InChI is InChI=1S/C5H9N3O5S/c6-4(9)3-7-14(11,12)8-1-2-13-5(8)10/h7H,1-3H2,(H2,6,9). The largest absolute Gasteiger partial charge is 0.447 e. The predicted molar refractivity (Wildman–Crippen MR) is 44.2 cm³/mol. The molecule has 1 rings (SSSR count). The molecule has 8 nitrogen and oxygen atoms in total. The van der Waals surface area contributed by atoms with Gasteiger partial charge in [0.1, 0.15) is 6.61 Å². The Bertz CT molecular complexity index is 350. The fourth-order valence-corrected chi connectivity index (χ4v) is 1.88. The summed E-state index contributed by atoms with van der Waals surface area (Å²) in [5, 5.41) is 0. The second-order valence-electron chi connectivity index (χ2n) is 2.48. The van der Waals surface area contributed by atoms with E-state index in [-0.39, 0.29) is 13.2 Å². The Morgan fingerprint density at radius 2 is 2.29 bits per heavy atom. The van der Waals surface area contributed by atoms with Crippen molar-refractivity contribution >= 4 is 22.2 Å². The van der Waals surface area contributed by atoms with Crippen molar-refractivity contribution in [2.24, 2.45) is 5.73 Å². The Morgan fingerprint density at radius 3 is 2.71 bits per heavy atom. The predicted octanol–water partition coefficient (Wildman–Crippen LogP) is -2.24. The van der Waals surface area contributed by atoms with Gasteiger partial charge in [0, 0.05) is 0 Å². The zero-order valence-corrected chi connectivity index (χ0v) is 7.91. The highest BCUT2D eigenvalue weighted by Crippen LogP contribution is 2.07. The Balaban J connectivity index is 2.65. The number of nitrogens with one attached hydrogen (secondary N) is 1. The molecule has 0 saturated carbocycles. The molecule has 1 saturated heterocycles. The maximum absolute atomic E-state index is 11.3. The number of nitrogens with two attached hydrogens (primary N) is 1. The molecule has 0 aromatic rings. The monoisotopic (exact) mass is 223 g/mol. The number of hydrogen-bond acceptors (Lipinski definition) is 5. The molecule has 0 bridgehead atoms. The molecule has 0 aromatic carbocycles. The first-order valence-corrected chi connectivity index (χ1v) is 5.10. The van der Waals surface area contributed by atoms with E-state index in [0.29, 0.717) is 4.31 Å². The van der Waals surface area contributed by atoms with Gasteiger partial charge in [-0.15, -0.1) is 0 Å². The van der Waals surface area contributed by atoms with E-state index >= 15 is 0 Å². The Hall–Kier alpha value is -1.35. The van der Waals surface area contributed by atoms with Gasteiger partial charge in [0.25, 0.3) is 0 Å². The minimum Gasteiger partial charge on any atom is -0.447 e. The summed E-state index contributed by atoms with van der Waals surface area (Å²) in [5.41, 5.74) is 4.73. The number of carbonyl (C=O) groups excluding carboxylic acids is 2. The summed E-state index contributed by atoms with van der Waals surface area (Å²) in [5.74, 6) is -0.832. The second kappa shape index (κ2) is 3.80. The van der Waals surface area contributed by atoms with E-state index < -0.39 is 28.8 Å². The second-order valence-corrected chi connectivity index (χ2v) is 4.16. The molecule has 0 aliphatic carbocycles. The highest BCUT2D eigenvalue weighted by molar-refractivity contribution is 7.87. The average Bonchev–Trinajstić information content (AvgIpc) is 2.48. The minimum atomic E-state index is -4.00. The number of cyclic esters (lactones) is 1. The van der Waals surface area contributed by atoms with Crippen molar-refractivity contribution in [3.63, 3.8) is 0 Å². The zero-order chi connectivity index (χ0) is 10.8. The quantitative estimate of drug-likeness (QED) is 0.558. The normalized spacial score (nSPS) is 16.9. The maximum Gasteiger partial charge on any atom is 0.424 e. The van der Waals surface area contributed by atoms with Gasteiger partial charge in [-0.3, -0.25) is 4.79 Å². The van der Waals surface area contributed by atoms with Crippen molar-refractivity contribution in [1.29, 1.82) is 0 Å². The van der Waals surface area contributed by atoms with Crippen LogP contribution in [0, 0.1) is 0 Å². The van der Waals surface area contributed by atoms with E-state index in [1.807, 2.05) is 4.72 Å². The molecule has 1 heterocycles. The van der Waals surface area contributed by atoms with Crippen molar-refractivity contribution in [2.45, 2.75) is 0 Å². The Morgan fingerprint density at radius 1 is 1.64 bits per heavy atom. The number of ether oxygens (including phenoxy) is 1. The average molecular weight is 223 g/mol. The summed E-state index contributed by atoms with van der Waals surface area (Å²) in [6.45, 7) is -0.602. The van der Waals surface area contributed by atoms with Crippen molar-refractivity contribution < 1.29 is 22.7 Å². The third-order valence-corrected chi connectivity index (χ3v) is 2.86. The first kappa shape index (κ1) is 10.7. The SMILES string of the molecule is NC(=O)CNS(=O)(=O)N1CCOC1=O. The number of rotatable bonds is 4. The number of primary amides is 1. The van der Waals surface area contributed by atoms with E-state index in [2.05, 4.69) is 4.74 Å². The fraction of sp³-hybridized carbons (Fsp3) is 0.600. The number of nitrogens with zero attached hydrogens (tertiary/aromatic N) is 1. The van der Waals surface area contributed by atoms with E-state index in [1.165, 1.54) is 0 Å². The van der Waals surface area contributed by atoms with Gasteiger partial charge in [-0.1, -0.05) is 0 Å². The van der Waals surface area contributed by atoms with Gasteiger partial charge in [0.15, 0.2) is 0 Å². The summed E-state index contributed by atoms with van der Waals surface area (Å²) < 4.78 is 29.3. The van der Waals surface area contributed by atoms with Gasteiger partial charge in [0.2, 0.25) is 5.91 Å². The van der Waals surface area contributed by atoms with Crippen LogP contribution in [0.4, 0.5) is 4.79 Å². The molecule has 0 unspecified atom stereocenters. The van der Waals surface area contributed by atoms with Crippen LogP contribution in [0.5, 0.6) is 0 Å².